The predicted octanol–water partition coefficient (Wildman–Crippen LogP) is 3.61. The molecule has 0 saturated carbocycles. The van der Waals surface area contributed by atoms with Gasteiger partial charge in [0.25, 0.3) is 0 Å². The first-order valence-corrected chi connectivity index (χ1v) is 10.7. The molecule has 0 aliphatic carbocycles. The van der Waals surface area contributed by atoms with Gasteiger partial charge in [0, 0.05) is 36.6 Å². The summed E-state index contributed by atoms with van der Waals surface area (Å²) in [6.07, 6.45) is 2.89. The van der Waals surface area contributed by atoms with Crippen molar-refractivity contribution in [1.82, 2.24) is 25.7 Å². The molecule has 7 nitrogen and oxygen atoms in total. The van der Waals surface area contributed by atoms with Gasteiger partial charge in [-0.1, -0.05) is 30.6 Å². The zero-order valence-corrected chi connectivity index (χ0v) is 18.7. The summed E-state index contributed by atoms with van der Waals surface area (Å²) in [7, 11) is 1.78. The van der Waals surface area contributed by atoms with E-state index in [0.29, 0.717) is 35.7 Å². The number of hydrogen-bond acceptors (Lipinski definition) is 5. The van der Waals surface area contributed by atoms with Crippen LogP contribution in [0, 0.1) is 0 Å². The lowest BCUT2D eigenvalue weighted by Gasteiger charge is -2.21. The quantitative estimate of drug-likeness (QED) is 0.427. The standard InChI is InChI=1S/C21H33ClN6O/c1-5-28(6-2)15-7-8-16(3)25-21(23-4)24-14-13-19-26-20(27-29-19)17-9-11-18(22)12-10-17/h9-12,16H,5-8,13-15H2,1-4H3,(H2,23,24,25). The van der Waals surface area contributed by atoms with Crippen molar-refractivity contribution < 1.29 is 4.52 Å². The van der Waals surface area contributed by atoms with E-state index in [1.807, 2.05) is 24.3 Å². The zero-order chi connectivity index (χ0) is 21.1. The molecule has 1 aromatic heterocycles. The van der Waals surface area contributed by atoms with Crippen LogP contribution in [0.5, 0.6) is 0 Å². The minimum atomic E-state index is 0.358. The van der Waals surface area contributed by atoms with Gasteiger partial charge in [-0.2, -0.15) is 4.98 Å². The lowest BCUT2D eigenvalue weighted by Crippen LogP contribution is -2.43. The Hall–Kier alpha value is -2.12. The van der Waals surface area contributed by atoms with Crippen LogP contribution >= 0.6 is 11.6 Å². The third kappa shape index (κ3) is 8.03. The van der Waals surface area contributed by atoms with E-state index < -0.39 is 0 Å². The molecular formula is C21H33ClN6O. The van der Waals surface area contributed by atoms with Crippen molar-refractivity contribution in [1.29, 1.82) is 0 Å². The van der Waals surface area contributed by atoms with E-state index in [-0.39, 0.29) is 0 Å². The summed E-state index contributed by atoms with van der Waals surface area (Å²) in [6, 6.07) is 7.74. The van der Waals surface area contributed by atoms with Gasteiger partial charge in [0.05, 0.1) is 0 Å². The Labute approximate surface area is 178 Å². The molecule has 0 bridgehead atoms. The van der Waals surface area contributed by atoms with Gasteiger partial charge in [0.15, 0.2) is 5.96 Å². The van der Waals surface area contributed by atoms with Gasteiger partial charge in [-0.15, -0.1) is 0 Å². The number of aromatic nitrogens is 2. The molecule has 29 heavy (non-hydrogen) atoms. The Kier molecular flexibility index (Phi) is 9.94. The molecule has 0 saturated heterocycles. The summed E-state index contributed by atoms with van der Waals surface area (Å²) in [4.78, 5) is 11.2. The van der Waals surface area contributed by atoms with Crippen LogP contribution < -0.4 is 10.6 Å². The molecule has 2 rings (SSSR count). The van der Waals surface area contributed by atoms with E-state index >= 15 is 0 Å². The van der Waals surface area contributed by atoms with E-state index in [1.165, 1.54) is 6.42 Å². The number of nitrogens with zero attached hydrogens (tertiary/aromatic N) is 4. The maximum atomic E-state index is 5.92. The van der Waals surface area contributed by atoms with Crippen molar-refractivity contribution >= 4 is 17.6 Å². The van der Waals surface area contributed by atoms with E-state index in [2.05, 4.69) is 51.4 Å². The summed E-state index contributed by atoms with van der Waals surface area (Å²) >= 11 is 5.92. The topological polar surface area (TPSA) is 78.6 Å². The molecule has 1 atom stereocenters. The number of guanidine groups is 1. The summed E-state index contributed by atoms with van der Waals surface area (Å²) in [5.41, 5.74) is 0.883. The van der Waals surface area contributed by atoms with Crippen molar-refractivity contribution in [3.05, 3.63) is 35.2 Å². The first-order valence-electron chi connectivity index (χ1n) is 10.3. The Morgan fingerprint density at radius 2 is 1.97 bits per heavy atom. The van der Waals surface area contributed by atoms with E-state index in [0.717, 1.165) is 37.6 Å². The molecular weight excluding hydrogens is 388 g/mol. The van der Waals surface area contributed by atoms with Gasteiger partial charge in [0.2, 0.25) is 11.7 Å². The van der Waals surface area contributed by atoms with E-state index in [1.54, 1.807) is 7.05 Å². The second kappa shape index (κ2) is 12.4. The highest BCUT2D eigenvalue weighted by molar-refractivity contribution is 6.30. The Morgan fingerprint density at radius 3 is 2.62 bits per heavy atom. The molecule has 2 N–H and O–H groups in total. The van der Waals surface area contributed by atoms with Crippen molar-refractivity contribution in [2.24, 2.45) is 4.99 Å². The lowest BCUT2D eigenvalue weighted by atomic mass is 10.2. The van der Waals surface area contributed by atoms with Crippen LogP contribution in [0.1, 0.15) is 39.5 Å². The average Bonchev–Trinajstić information content (AvgIpc) is 3.20. The Balaban J connectivity index is 1.72. The highest BCUT2D eigenvalue weighted by atomic mass is 35.5. The third-order valence-corrected chi connectivity index (χ3v) is 5.07. The lowest BCUT2D eigenvalue weighted by molar-refractivity contribution is 0.292. The molecule has 0 amide bonds. The molecule has 2 aromatic rings. The first-order chi connectivity index (χ1) is 14.0. The fourth-order valence-corrected chi connectivity index (χ4v) is 3.15. The molecule has 1 heterocycles. The van der Waals surface area contributed by atoms with Crippen molar-refractivity contribution in [3.63, 3.8) is 0 Å². The number of halogens is 1. The highest BCUT2D eigenvalue weighted by Gasteiger charge is 2.10. The predicted molar refractivity (Wildman–Crippen MR) is 119 cm³/mol. The van der Waals surface area contributed by atoms with Crippen LogP contribution in [0.3, 0.4) is 0 Å². The van der Waals surface area contributed by atoms with Crippen LogP contribution in [-0.4, -0.2) is 60.3 Å². The van der Waals surface area contributed by atoms with Crippen molar-refractivity contribution in [3.8, 4) is 11.4 Å². The molecule has 0 aliphatic heterocycles. The molecule has 8 heteroatoms. The van der Waals surface area contributed by atoms with Crippen LogP contribution in [0.25, 0.3) is 11.4 Å². The van der Waals surface area contributed by atoms with Gasteiger partial charge in [0.1, 0.15) is 0 Å². The number of rotatable bonds is 11. The van der Waals surface area contributed by atoms with Crippen molar-refractivity contribution in [2.75, 3.05) is 33.2 Å². The van der Waals surface area contributed by atoms with Gasteiger partial charge in [-0.3, -0.25) is 4.99 Å². The summed E-state index contributed by atoms with van der Waals surface area (Å²) in [5, 5.41) is 11.5. The van der Waals surface area contributed by atoms with Gasteiger partial charge >= 0.3 is 0 Å². The average molecular weight is 421 g/mol. The fourth-order valence-electron chi connectivity index (χ4n) is 3.02. The number of benzene rings is 1. The first kappa shape index (κ1) is 23.2. The number of nitrogens with one attached hydrogen (secondary N) is 2. The number of hydrogen-bond donors (Lipinski definition) is 2. The molecule has 0 aliphatic rings. The summed E-state index contributed by atoms with van der Waals surface area (Å²) < 4.78 is 5.34. The van der Waals surface area contributed by atoms with Crippen LogP contribution in [0.4, 0.5) is 0 Å². The molecule has 0 fully saturated rings. The zero-order valence-electron chi connectivity index (χ0n) is 17.9. The second-order valence-corrected chi connectivity index (χ2v) is 7.42. The molecule has 0 radical (unpaired) electrons. The second-order valence-electron chi connectivity index (χ2n) is 6.98. The maximum absolute atomic E-state index is 5.92. The molecule has 160 valence electrons. The Morgan fingerprint density at radius 1 is 1.24 bits per heavy atom. The Bertz CT molecular complexity index is 742. The largest absolute Gasteiger partial charge is 0.356 e. The molecule has 1 aromatic carbocycles. The van der Waals surface area contributed by atoms with E-state index in [9.17, 15) is 0 Å². The van der Waals surface area contributed by atoms with Crippen LogP contribution in [0.15, 0.2) is 33.8 Å². The normalized spacial score (nSPS) is 13.0. The minimum Gasteiger partial charge on any atom is -0.356 e. The number of aliphatic imine (C=N–C) groups is 1. The van der Waals surface area contributed by atoms with Gasteiger partial charge < -0.3 is 20.1 Å². The van der Waals surface area contributed by atoms with E-state index in [4.69, 9.17) is 16.1 Å². The molecule has 0 spiro atoms. The van der Waals surface area contributed by atoms with Crippen molar-refractivity contribution in [2.45, 2.75) is 46.1 Å². The van der Waals surface area contributed by atoms with Gasteiger partial charge in [-0.05, 0) is 63.7 Å². The summed E-state index contributed by atoms with van der Waals surface area (Å²) in [6.45, 7) is 10.6. The van der Waals surface area contributed by atoms with Crippen LogP contribution in [-0.2, 0) is 6.42 Å². The highest BCUT2D eigenvalue weighted by Crippen LogP contribution is 2.18. The summed E-state index contributed by atoms with van der Waals surface area (Å²) in [5.74, 6) is 1.95. The fraction of sp³-hybridized carbons (Fsp3) is 0.571. The monoisotopic (exact) mass is 420 g/mol. The van der Waals surface area contributed by atoms with Gasteiger partial charge in [-0.25, -0.2) is 0 Å². The molecule has 1 unspecified atom stereocenters. The van der Waals surface area contributed by atoms with Crippen LogP contribution in [0.2, 0.25) is 5.02 Å². The smallest absolute Gasteiger partial charge is 0.228 e. The maximum Gasteiger partial charge on any atom is 0.228 e. The minimum absolute atomic E-state index is 0.358. The SMILES string of the molecule is CCN(CC)CCCC(C)NC(=NC)NCCc1nc(-c2ccc(Cl)cc2)no1. The third-order valence-electron chi connectivity index (χ3n) is 4.81.